The minimum absolute atomic E-state index is 0.00255. The fraction of sp³-hybridized carbons (Fsp3) is 0.645. The lowest BCUT2D eigenvalue weighted by Crippen LogP contribution is -2.50. The van der Waals surface area contributed by atoms with Crippen molar-refractivity contribution in [2.24, 2.45) is 36.7 Å². The number of benzene rings is 1. The fourth-order valence-electron chi connectivity index (χ4n) is 7.51. The number of hydrogen-bond acceptors (Lipinski definition) is 5. The molecule has 2 heterocycles. The second-order valence-electron chi connectivity index (χ2n) is 12.9. The van der Waals surface area contributed by atoms with Crippen LogP contribution >= 0.6 is 0 Å². The minimum Gasteiger partial charge on any atom is -0.312 e. The number of nitrogens with zero attached hydrogens (tertiary/aromatic N) is 5. The van der Waals surface area contributed by atoms with Gasteiger partial charge in [-0.15, -0.1) is 0 Å². The Labute approximate surface area is 229 Å². The van der Waals surface area contributed by atoms with Gasteiger partial charge in [-0.2, -0.15) is 0 Å². The molecule has 1 aromatic carbocycles. The molecule has 208 valence electrons. The van der Waals surface area contributed by atoms with E-state index in [1.165, 1.54) is 12.6 Å². The Kier molecular flexibility index (Phi) is 6.58. The molecule has 0 N–H and O–H groups in total. The molecule has 2 aliphatic heterocycles. The van der Waals surface area contributed by atoms with Crippen molar-refractivity contribution in [2.75, 3.05) is 24.5 Å². The minimum atomic E-state index is -1.27. The second kappa shape index (κ2) is 9.70. The highest BCUT2D eigenvalue weighted by Crippen LogP contribution is 2.63. The SMILES string of the molecule is CCCC1=NCC(C23CCC(CN(C(=O)C4CC(C)(F)C4)c4cccc(C5=NCC(C(C)F)=N5)c4)(CC2)C3)=N1. The number of carbonyl (C=O) groups excluding carboxylic acids is 1. The number of alkyl halides is 2. The van der Waals surface area contributed by atoms with Gasteiger partial charge in [-0.1, -0.05) is 19.1 Å². The van der Waals surface area contributed by atoms with E-state index in [-0.39, 0.29) is 42.0 Å². The van der Waals surface area contributed by atoms with Crippen LogP contribution < -0.4 is 4.90 Å². The van der Waals surface area contributed by atoms with E-state index in [1.807, 2.05) is 29.2 Å². The molecule has 1 amide bonds. The molecule has 1 aromatic rings. The number of amidine groups is 2. The molecule has 1 unspecified atom stereocenters. The van der Waals surface area contributed by atoms with Crippen LogP contribution in [0.3, 0.4) is 0 Å². The average Bonchev–Trinajstić information content (AvgIpc) is 3.69. The number of fused-ring (bicyclic) bond motifs is 2. The number of aliphatic imine (C=N–C) groups is 4. The highest BCUT2D eigenvalue weighted by atomic mass is 19.1. The lowest BCUT2D eigenvalue weighted by atomic mass is 9.72. The Morgan fingerprint density at radius 2 is 1.90 bits per heavy atom. The Hall–Kier alpha value is -2.77. The van der Waals surface area contributed by atoms with Gasteiger partial charge in [-0.25, -0.2) is 18.8 Å². The summed E-state index contributed by atoms with van der Waals surface area (Å²) in [7, 11) is 0. The highest BCUT2D eigenvalue weighted by Gasteiger charge is 2.58. The van der Waals surface area contributed by atoms with E-state index in [4.69, 9.17) is 9.98 Å². The summed E-state index contributed by atoms with van der Waals surface area (Å²) in [6.07, 6.45) is 6.68. The van der Waals surface area contributed by atoms with Crippen LogP contribution in [0.25, 0.3) is 0 Å². The van der Waals surface area contributed by atoms with Gasteiger partial charge in [0.2, 0.25) is 5.91 Å². The van der Waals surface area contributed by atoms with Crippen molar-refractivity contribution in [3.63, 3.8) is 0 Å². The topological polar surface area (TPSA) is 69.8 Å². The summed E-state index contributed by atoms with van der Waals surface area (Å²) in [6.45, 7) is 6.81. The lowest BCUT2D eigenvalue weighted by Gasteiger charge is -2.42. The third-order valence-corrected chi connectivity index (χ3v) is 9.71. The summed E-state index contributed by atoms with van der Waals surface area (Å²) in [6, 6.07) is 7.71. The zero-order valence-electron chi connectivity index (χ0n) is 23.3. The predicted molar refractivity (Wildman–Crippen MR) is 153 cm³/mol. The van der Waals surface area contributed by atoms with Crippen molar-refractivity contribution in [3.8, 4) is 0 Å². The number of hydrogen-bond donors (Lipinski definition) is 0. The van der Waals surface area contributed by atoms with E-state index in [0.717, 1.165) is 68.6 Å². The third-order valence-electron chi connectivity index (χ3n) is 9.71. The molecule has 6 rings (SSSR count). The van der Waals surface area contributed by atoms with Crippen molar-refractivity contribution in [3.05, 3.63) is 29.8 Å². The number of amides is 1. The number of rotatable bonds is 9. The molecule has 2 bridgehead atoms. The van der Waals surface area contributed by atoms with Crippen LogP contribution in [0.2, 0.25) is 0 Å². The van der Waals surface area contributed by atoms with Crippen molar-refractivity contribution in [1.82, 2.24) is 0 Å². The molecule has 1 atom stereocenters. The summed E-state index contributed by atoms with van der Waals surface area (Å²) >= 11 is 0. The second-order valence-corrected chi connectivity index (χ2v) is 12.9. The molecule has 0 saturated heterocycles. The molecule has 0 aromatic heterocycles. The Balaban J connectivity index is 1.26. The summed E-state index contributed by atoms with van der Waals surface area (Å²) in [5.41, 5.74) is 2.07. The molecule has 0 spiro atoms. The van der Waals surface area contributed by atoms with Crippen LogP contribution in [0, 0.1) is 16.7 Å². The summed E-state index contributed by atoms with van der Waals surface area (Å²) in [5, 5.41) is 0. The maximum Gasteiger partial charge on any atom is 0.230 e. The molecular formula is C31H39F2N5O. The first-order valence-corrected chi connectivity index (χ1v) is 14.6. The van der Waals surface area contributed by atoms with Gasteiger partial charge in [0.05, 0.1) is 18.8 Å². The summed E-state index contributed by atoms with van der Waals surface area (Å²) in [4.78, 5) is 34.4. The maximum atomic E-state index is 14.5. The van der Waals surface area contributed by atoms with Crippen molar-refractivity contribution in [2.45, 2.75) is 90.4 Å². The van der Waals surface area contributed by atoms with Gasteiger partial charge in [0, 0.05) is 41.3 Å². The van der Waals surface area contributed by atoms with Crippen LogP contribution in [-0.4, -0.2) is 60.5 Å². The van der Waals surface area contributed by atoms with E-state index in [2.05, 4.69) is 16.9 Å². The van der Waals surface area contributed by atoms with E-state index in [9.17, 15) is 13.6 Å². The van der Waals surface area contributed by atoms with E-state index in [1.54, 1.807) is 6.92 Å². The molecule has 8 heteroatoms. The van der Waals surface area contributed by atoms with E-state index in [0.29, 0.717) is 18.1 Å². The van der Waals surface area contributed by atoms with Gasteiger partial charge in [0.15, 0.2) is 5.84 Å². The first-order chi connectivity index (χ1) is 18.6. The molecular weight excluding hydrogens is 496 g/mol. The summed E-state index contributed by atoms with van der Waals surface area (Å²) in [5.74, 6) is 1.19. The maximum absolute atomic E-state index is 14.5. The molecule has 6 nitrogen and oxygen atoms in total. The van der Waals surface area contributed by atoms with Gasteiger partial charge < -0.3 is 4.90 Å². The van der Waals surface area contributed by atoms with Crippen LogP contribution in [0.15, 0.2) is 44.2 Å². The van der Waals surface area contributed by atoms with Crippen molar-refractivity contribution in [1.29, 1.82) is 0 Å². The molecule has 3 fully saturated rings. The predicted octanol–water partition coefficient (Wildman–Crippen LogP) is 6.32. The molecule has 0 radical (unpaired) electrons. The van der Waals surface area contributed by atoms with Gasteiger partial charge in [0.25, 0.3) is 0 Å². The van der Waals surface area contributed by atoms with Crippen molar-refractivity contribution >= 4 is 34.7 Å². The Morgan fingerprint density at radius 3 is 2.56 bits per heavy atom. The first kappa shape index (κ1) is 26.5. The lowest BCUT2D eigenvalue weighted by molar-refractivity contribution is -0.130. The largest absolute Gasteiger partial charge is 0.312 e. The van der Waals surface area contributed by atoms with Gasteiger partial charge in [-0.3, -0.25) is 14.8 Å². The number of carbonyl (C=O) groups is 1. The quantitative estimate of drug-likeness (QED) is 0.365. The Morgan fingerprint density at radius 1 is 1.13 bits per heavy atom. The summed E-state index contributed by atoms with van der Waals surface area (Å²) < 4.78 is 28.3. The van der Waals surface area contributed by atoms with Gasteiger partial charge in [-0.05, 0) is 82.8 Å². The zero-order chi connectivity index (χ0) is 27.4. The zero-order valence-corrected chi connectivity index (χ0v) is 23.3. The van der Waals surface area contributed by atoms with E-state index < -0.39 is 11.8 Å². The molecule has 3 aliphatic carbocycles. The molecule has 3 saturated carbocycles. The van der Waals surface area contributed by atoms with Crippen molar-refractivity contribution < 1.29 is 13.6 Å². The van der Waals surface area contributed by atoms with E-state index >= 15 is 0 Å². The fourth-order valence-corrected chi connectivity index (χ4v) is 7.51. The average molecular weight is 536 g/mol. The standard InChI is InChI=1S/C31H39F2N5O/c1-4-6-26-34-17-25(37-26)31-11-9-30(18-31,10-12-31)19-38(28(39)22-14-29(3,33)15-22)23-8-5-7-21(13-23)27-35-16-24(36-27)20(2)32/h5,7-8,13,20,22H,4,6,9-12,14-19H2,1-3H3. The molecule has 5 aliphatic rings. The van der Waals surface area contributed by atoms with Gasteiger partial charge in [0.1, 0.15) is 17.7 Å². The van der Waals surface area contributed by atoms with Crippen LogP contribution in [0.4, 0.5) is 14.5 Å². The van der Waals surface area contributed by atoms with Gasteiger partial charge >= 0.3 is 0 Å². The monoisotopic (exact) mass is 535 g/mol. The Bertz CT molecular complexity index is 1280. The third kappa shape index (κ3) is 4.89. The highest BCUT2D eigenvalue weighted by molar-refractivity contribution is 6.13. The molecule has 39 heavy (non-hydrogen) atoms. The van der Waals surface area contributed by atoms with Crippen LogP contribution in [-0.2, 0) is 4.79 Å². The van der Waals surface area contributed by atoms with Crippen LogP contribution in [0.5, 0.6) is 0 Å². The normalized spacial score (nSPS) is 33.8. The number of anilines is 1. The first-order valence-electron chi connectivity index (χ1n) is 14.6. The van der Waals surface area contributed by atoms with Crippen LogP contribution in [0.1, 0.15) is 84.1 Å². The smallest absolute Gasteiger partial charge is 0.230 e. The number of halogens is 2.